The smallest absolute Gasteiger partial charge is 0.313 e. The maximum absolute atomic E-state index is 12.7. The van der Waals surface area contributed by atoms with Crippen LogP contribution in [0.3, 0.4) is 0 Å². The van der Waals surface area contributed by atoms with Gasteiger partial charge in [-0.3, -0.25) is 14.4 Å². The van der Waals surface area contributed by atoms with Crippen LogP contribution in [0.1, 0.15) is 105 Å². The molecule has 0 aliphatic carbocycles. The van der Waals surface area contributed by atoms with Gasteiger partial charge in [0.2, 0.25) is 0 Å². The topological polar surface area (TPSA) is 89.9 Å². The van der Waals surface area contributed by atoms with Crippen molar-refractivity contribution in [3.8, 4) is 0 Å². The molecule has 0 spiro atoms. The maximum atomic E-state index is 12.7. The first-order chi connectivity index (χ1) is 17.9. The summed E-state index contributed by atoms with van der Waals surface area (Å²) < 4.78 is 10.4. The van der Waals surface area contributed by atoms with Gasteiger partial charge in [0.05, 0.1) is 5.92 Å². The van der Waals surface area contributed by atoms with Gasteiger partial charge in [0.1, 0.15) is 19.3 Å². The van der Waals surface area contributed by atoms with E-state index in [0.717, 1.165) is 19.3 Å². The van der Waals surface area contributed by atoms with E-state index in [2.05, 4.69) is 6.92 Å². The summed E-state index contributed by atoms with van der Waals surface area (Å²) in [7, 11) is 0. The fraction of sp³-hybridized carbons (Fsp3) is 0.516. The molecular formula is C31H42O6. The second-order valence-corrected chi connectivity index (χ2v) is 9.59. The molecule has 6 heteroatoms. The van der Waals surface area contributed by atoms with Gasteiger partial charge in [-0.15, -0.1) is 0 Å². The summed E-state index contributed by atoms with van der Waals surface area (Å²) in [4.78, 5) is 37.1. The highest BCUT2D eigenvalue weighted by Crippen LogP contribution is 2.20. The molecule has 202 valence electrons. The molecule has 0 aromatic heterocycles. The number of benzene rings is 2. The lowest BCUT2D eigenvalue weighted by molar-refractivity contribution is -0.153. The van der Waals surface area contributed by atoms with Crippen molar-refractivity contribution in [2.24, 2.45) is 0 Å². The molecule has 0 fully saturated rings. The van der Waals surface area contributed by atoms with Crippen LogP contribution < -0.4 is 0 Å². The number of ketones is 1. The van der Waals surface area contributed by atoms with Crippen LogP contribution in [0.5, 0.6) is 0 Å². The van der Waals surface area contributed by atoms with Crippen LogP contribution in [-0.2, 0) is 19.1 Å². The zero-order valence-electron chi connectivity index (χ0n) is 22.3. The fourth-order valence-electron chi connectivity index (χ4n) is 4.03. The van der Waals surface area contributed by atoms with Crippen LogP contribution in [0, 0.1) is 0 Å². The Balaban J connectivity index is 1.65. The number of aliphatic hydroxyl groups is 1. The summed E-state index contributed by atoms with van der Waals surface area (Å²) in [6.07, 6.45) is 9.76. The van der Waals surface area contributed by atoms with Crippen LogP contribution in [-0.4, -0.2) is 42.1 Å². The zero-order valence-corrected chi connectivity index (χ0v) is 22.3. The van der Waals surface area contributed by atoms with Crippen LogP contribution in [0.15, 0.2) is 54.6 Å². The molecule has 1 unspecified atom stereocenters. The van der Waals surface area contributed by atoms with Gasteiger partial charge in [-0.1, -0.05) is 107 Å². The van der Waals surface area contributed by atoms with Gasteiger partial charge in [0.15, 0.2) is 5.78 Å². The Hall–Kier alpha value is -2.99. The molecule has 2 atom stereocenters. The van der Waals surface area contributed by atoms with Crippen LogP contribution in [0.4, 0.5) is 0 Å². The number of ether oxygens (including phenoxy) is 2. The van der Waals surface area contributed by atoms with Gasteiger partial charge in [0.25, 0.3) is 0 Å². The Labute approximate surface area is 221 Å². The molecule has 2 aromatic rings. The average molecular weight is 511 g/mol. The monoisotopic (exact) mass is 510 g/mol. The maximum Gasteiger partial charge on any atom is 0.313 e. The third-order valence-corrected chi connectivity index (χ3v) is 6.38. The van der Waals surface area contributed by atoms with Gasteiger partial charge in [0, 0.05) is 17.5 Å². The molecule has 0 amide bonds. The van der Waals surface area contributed by atoms with Gasteiger partial charge in [-0.2, -0.15) is 0 Å². The van der Waals surface area contributed by atoms with Gasteiger partial charge < -0.3 is 14.6 Å². The van der Waals surface area contributed by atoms with E-state index in [1.807, 2.05) is 6.07 Å². The van der Waals surface area contributed by atoms with Gasteiger partial charge >= 0.3 is 11.9 Å². The quantitative estimate of drug-likeness (QED) is 0.142. The first kappa shape index (κ1) is 30.2. The van der Waals surface area contributed by atoms with E-state index in [1.165, 1.54) is 38.5 Å². The molecule has 2 aromatic carbocycles. The molecule has 0 saturated carbocycles. The van der Waals surface area contributed by atoms with Crippen molar-refractivity contribution in [3.63, 3.8) is 0 Å². The first-order valence-corrected chi connectivity index (χ1v) is 13.6. The highest BCUT2D eigenvalue weighted by atomic mass is 16.6. The zero-order chi connectivity index (χ0) is 26.9. The van der Waals surface area contributed by atoms with Gasteiger partial charge in [-0.05, 0) is 25.0 Å². The summed E-state index contributed by atoms with van der Waals surface area (Å²) in [6, 6.07) is 15.8. The minimum absolute atomic E-state index is 0.123. The molecule has 0 bridgehead atoms. The number of unbranched alkanes of at least 4 members (excludes halogenated alkanes) is 8. The highest BCUT2D eigenvalue weighted by Gasteiger charge is 2.20. The standard InChI is InChI=1S/C31H42O6/c1-3-4-5-6-7-8-9-10-14-20-29(33)36-22-28(32)23-37-31(35)24(2)26-18-15-19-27(21-26)30(34)25-16-12-11-13-17-25/h11-13,15-19,21,24,28,32H,3-10,14,20,22-23H2,1-2H3/t24?,28-/m0/s1. The van der Waals surface area contributed by atoms with Crippen molar-refractivity contribution in [2.75, 3.05) is 13.2 Å². The molecule has 0 aliphatic rings. The third kappa shape index (κ3) is 11.7. The molecule has 0 saturated heterocycles. The largest absolute Gasteiger partial charge is 0.463 e. The molecule has 6 nitrogen and oxygen atoms in total. The van der Waals surface area contributed by atoms with Crippen molar-refractivity contribution in [1.82, 2.24) is 0 Å². The summed E-state index contributed by atoms with van der Waals surface area (Å²) in [5.41, 5.74) is 1.71. The molecule has 1 N–H and O–H groups in total. The van der Waals surface area contributed by atoms with E-state index in [9.17, 15) is 19.5 Å². The van der Waals surface area contributed by atoms with Crippen molar-refractivity contribution in [1.29, 1.82) is 0 Å². The van der Waals surface area contributed by atoms with Crippen molar-refractivity contribution in [3.05, 3.63) is 71.3 Å². The molecule has 0 heterocycles. The second kappa shape index (κ2) is 17.5. The Morgan fingerprint density at radius 3 is 2.03 bits per heavy atom. The number of hydrogen-bond donors (Lipinski definition) is 1. The summed E-state index contributed by atoms with van der Waals surface area (Å²) in [5.74, 6) is -1.61. The number of aliphatic hydroxyl groups excluding tert-OH is 1. The number of hydrogen-bond acceptors (Lipinski definition) is 6. The summed E-state index contributed by atoms with van der Waals surface area (Å²) in [6.45, 7) is 3.42. The number of carbonyl (C=O) groups is 3. The van der Waals surface area contributed by atoms with E-state index in [-0.39, 0.29) is 25.0 Å². The van der Waals surface area contributed by atoms with Crippen LogP contribution >= 0.6 is 0 Å². The molecular weight excluding hydrogens is 468 g/mol. The van der Waals surface area contributed by atoms with Crippen molar-refractivity contribution < 1.29 is 29.0 Å². The average Bonchev–Trinajstić information content (AvgIpc) is 2.93. The molecule has 0 radical (unpaired) electrons. The SMILES string of the molecule is CCCCCCCCCCCC(=O)OC[C@H](O)COC(=O)C(C)c1cccc(C(=O)c2ccccc2)c1. The predicted molar refractivity (Wildman–Crippen MR) is 145 cm³/mol. The molecule has 2 rings (SSSR count). The van der Waals surface area contributed by atoms with Gasteiger partial charge in [-0.25, -0.2) is 0 Å². The number of rotatable bonds is 18. The normalized spacial score (nSPS) is 12.5. The number of esters is 2. The van der Waals surface area contributed by atoms with E-state index >= 15 is 0 Å². The van der Waals surface area contributed by atoms with E-state index in [0.29, 0.717) is 23.1 Å². The van der Waals surface area contributed by atoms with Crippen LogP contribution in [0.2, 0.25) is 0 Å². The Morgan fingerprint density at radius 2 is 1.35 bits per heavy atom. The summed E-state index contributed by atoms with van der Waals surface area (Å²) in [5, 5.41) is 10.1. The minimum Gasteiger partial charge on any atom is -0.463 e. The Kier molecular flexibility index (Phi) is 14.3. The predicted octanol–water partition coefficient (Wildman–Crippen LogP) is 6.39. The first-order valence-electron chi connectivity index (χ1n) is 13.6. The third-order valence-electron chi connectivity index (χ3n) is 6.38. The lowest BCUT2D eigenvalue weighted by Crippen LogP contribution is -2.26. The minimum atomic E-state index is -1.09. The van der Waals surface area contributed by atoms with E-state index in [1.54, 1.807) is 55.5 Å². The Morgan fingerprint density at radius 1 is 0.757 bits per heavy atom. The van der Waals surface area contributed by atoms with E-state index in [4.69, 9.17) is 9.47 Å². The lowest BCUT2D eigenvalue weighted by Gasteiger charge is -2.15. The molecule has 37 heavy (non-hydrogen) atoms. The molecule has 0 aliphatic heterocycles. The highest BCUT2D eigenvalue weighted by molar-refractivity contribution is 6.09. The van der Waals surface area contributed by atoms with Crippen LogP contribution in [0.25, 0.3) is 0 Å². The second-order valence-electron chi connectivity index (χ2n) is 9.59. The Bertz CT molecular complexity index is 955. The number of carbonyl (C=O) groups excluding carboxylic acids is 3. The summed E-state index contributed by atoms with van der Waals surface area (Å²) >= 11 is 0. The van der Waals surface area contributed by atoms with E-state index < -0.39 is 18.0 Å². The fourth-order valence-corrected chi connectivity index (χ4v) is 4.03. The lowest BCUT2D eigenvalue weighted by atomic mass is 9.96. The van der Waals surface area contributed by atoms with Crippen molar-refractivity contribution >= 4 is 17.7 Å². The van der Waals surface area contributed by atoms with Crippen molar-refractivity contribution in [2.45, 2.75) is 90.1 Å².